The number of nitrogens with one attached hydrogen (secondary N) is 1. The summed E-state index contributed by atoms with van der Waals surface area (Å²) in [5.41, 5.74) is 2.68. The molecule has 1 aromatic heterocycles. The molecule has 26 heavy (non-hydrogen) atoms. The summed E-state index contributed by atoms with van der Waals surface area (Å²) in [4.78, 5) is 12.6. The van der Waals surface area contributed by atoms with Crippen LogP contribution in [0.5, 0.6) is 5.75 Å². The van der Waals surface area contributed by atoms with E-state index in [0.29, 0.717) is 28.6 Å². The van der Waals surface area contributed by atoms with E-state index in [-0.39, 0.29) is 5.91 Å². The number of carbonyl (C=O) groups excluding carboxylic acids is 1. The van der Waals surface area contributed by atoms with Gasteiger partial charge in [0.1, 0.15) is 11.4 Å². The smallest absolute Gasteiger partial charge is 0.270 e. The summed E-state index contributed by atoms with van der Waals surface area (Å²) in [6.45, 7) is 2.61. The average molecular weight is 370 g/mol. The van der Waals surface area contributed by atoms with E-state index in [4.69, 9.17) is 16.3 Å². The van der Waals surface area contributed by atoms with Crippen molar-refractivity contribution >= 4 is 17.5 Å². The average Bonchev–Trinajstić information content (AvgIpc) is 3.11. The van der Waals surface area contributed by atoms with Gasteiger partial charge in [0.15, 0.2) is 0 Å². The second-order valence-electron chi connectivity index (χ2n) is 5.76. The number of carbonyl (C=O) groups is 1. The molecule has 1 N–H and O–H groups in total. The van der Waals surface area contributed by atoms with Crippen molar-refractivity contribution in [1.82, 2.24) is 15.1 Å². The number of ether oxygens (including phenoxy) is 1. The minimum Gasteiger partial charge on any atom is -0.497 e. The molecular formula is C20H20ClN3O2. The molecule has 0 bridgehead atoms. The highest BCUT2D eigenvalue weighted by Gasteiger charge is 2.18. The van der Waals surface area contributed by atoms with Gasteiger partial charge in [-0.05, 0) is 48.9 Å². The summed E-state index contributed by atoms with van der Waals surface area (Å²) in [7, 11) is 1.62. The van der Waals surface area contributed by atoms with Crippen molar-refractivity contribution in [2.24, 2.45) is 0 Å². The van der Waals surface area contributed by atoms with Gasteiger partial charge in [0.25, 0.3) is 5.91 Å². The molecule has 3 aromatic rings. The molecule has 134 valence electrons. The first-order chi connectivity index (χ1) is 12.6. The fourth-order valence-electron chi connectivity index (χ4n) is 2.58. The van der Waals surface area contributed by atoms with Crippen LogP contribution in [0.3, 0.4) is 0 Å². The molecule has 0 aliphatic rings. The monoisotopic (exact) mass is 369 g/mol. The zero-order chi connectivity index (χ0) is 18.5. The number of nitrogens with zero attached hydrogens (tertiary/aromatic N) is 2. The van der Waals surface area contributed by atoms with Crippen molar-refractivity contribution in [2.75, 3.05) is 13.7 Å². The van der Waals surface area contributed by atoms with Crippen LogP contribution in [0.1, 0.15) is 23.8 Å². The maximum atomic E-state index is 12.6. The summed E-state index contributed by atoms with van der Waals surface area (Å²) in [6.07, 6.45) is 0.858. The minimum absolute atomic E-state index is 0.181. The SMILES string of the molecule is CCCNC(=O)c1cc(-c2ccc(OC)cc2)nn1-c1ccccc1Cl. The maximum absolute atomic E-state index is 12.6. The van der Waals surface area contributed by atoms with Crippen LogP contribution < -0.4 is 10.1 Å². The van der Waals surface area contributed by atoms with Crippen LogP contribution in [-0.2, 0) is 0 Å². The van der Waals surface area contributed by atoms with Crippen molar-refractivity contribution < 1.29 is 9.53 Å². The molecule has 3 rings (SSSR count). The van der Waals surface area contributed by atoms with E-state index in [2.05, 4.69) is 10.4 Å². The van der Waals surface area contributed by atoms with E-state index in [0.717, 1.165) is 17.7 Å². The number of aromatic nitrogens is 2. The molecule has 0 unspecified atom stereocenters. The van der Waals surface area contributed by atoms with Crippen LogP contribution in [0, 0.1) is 0 Å². The maximum Gasteiger partial charge on any atom is 0.270 e. The molecule has 1 amide bonds. The van der Waals surface area contributed by atoms with Crippen LogP contribution in [0.15, 0.2) is 54.6 Å². The molecule has 0 aliphatic heterocycles. The number of rotatable bonds is 6. The van der Waals surface area contributed by atoms with Gasteiger partial charge >= 0.3 is 0 Å². The summed E-state index contributed by atoms with van der Waals surface area (Å²) in [5, 5.41) is 8.05. The highest BCUT2D eigenvalue weighted by Crippen LogP contribution is 2.26. The molecule has 5 nitrogen and oxygen atoms in total. The number of benzene rings is 2. The van der Waals surface area contributed by atoms with Crippen LogP contribution in [0.4, 0.5) is 0 Å². The van der Waals surface area contributed by atoms with E-state index in [9.17, 15) is 4.79 Å². The number of hydrogen-bond acceptors (Lipinski definition) is 3. The van der Waals surface area contributed by atoms with Gasteiger partial charge in [-0.2, -0.15) is 5.10 Å². The lowest BCUT2D eigenvalue weighted by atomic mass is 10.1. The second-order valence-corrected chi connectivity index (χ2v) is 6.17. The number of hydrogen-bond donors (Lipinski definition) is 1. The highest BCUT2D eigenvalue weighted by molar-refractivity contribution is 6.32. The molecule has 6 heteroatoms. The van der Waals surface area contributed by atoms with Crippen molar-refractivity contribution in [1.29, 1.82) is 0 Å². The summed E-state index contributed by atoms with van der Waals surface area (Å²) < 4.78 is 6.78. The fraction of sp³-hybridized carbons (Fsp3) is 0.200. The lowest BCUT2D eigenvalue weighted by Crippen LogP contribution is -2.26. The van der Waals surface area contributed by atoms with Crippen molar-refractivity contribution in [2.45, 2.75) is 13.3 Å². The van der Waals surface area contributed by atoms with Gasteiger partial charge in [0.2, 0.25) is 0 Å². The van der Waals surface area contributed by atoms with E-state index < -0.39 is 0 Å². The molecule has 0 saturated carbocycles. The Hall–Kier alpha value is -2.79. The lowest BCUT2D eigenvalue weighted by Gasteiger charge is -2.09. The Balaban J connectivity index is 2.07. The third-order valence-corrected chi connectivity index (χ3v) is 4.26. The van der Waals surface area contributed by atoms with Gasteiger partial charge in [-0.1, -0.05) is 30.7 Å². The predicted molar refractivity (Wildman–Crippen MR) is 103 cm³/mol. The van der Waals surface area contributed by atoms with E-state index in [1.54, 1.807) is 23.9 Å². The molecule has 1 heterocycles. The molecular weight excluding hydrogens is 350 g/mol. The molecule has 0 spiro atoms. The second kappa shape index (κ2) is 8.06. The van der Waals surface area contributed by atoms with Crippen LogP contribution in [0.25, 0.3) is 16.9 Å². The van der Waals surface area contributed by atoms with Gasteiger partial charge in [0.05, 0.1) is 23.5 Å². The first-order valence-electron chi connectivity index (χ1n) is 8.41. The number of halogens is 1. The molecule has 2 aromatic carbocycles. The van der Waals surface area contributed by atoms with Gasteiger partial charge in [0, 0.05) is 12.1 Å². The van der Waals surface area contributed by atoms with Crippen molar-refractivity contribution in [3.8, 4) is 22.7 Å². The largest absolute Gasteiger partial charge is 0.497 e. The normalized spacial score (nSPS) is 10.6. The minimum atomic E-state index is -0.181. The Bertz CT molecular complexity index is 904. The first-order valence-corrected chi connectivity index (χ1v) is 8.79. The molecule has 0 atom stereocenters. The van der Waals surface area contributed by atoms with Gasteiger partial charge in [-0.25, -0.2) is 4.68 Å². The molecule has 0 radical (unpaired) electrons. The quantitative estimate of drug-likeness (QED) is 0.703. The van der Waals surface area contributed by atoms with Gasteiger partial charge in [-0.15, -0.1) is 0 Å². The third kappa shape index (κ3) is 3.73. The zero-order valence-corrected chi connectivity index (χ0v) is 15.5. The highest BCUT2D eigenvalue weighted by atomic mass is 35.5. The predicted octanol–water partition coefficient (Wildman–Crippen LogP) is 4.34. The number of para-hydroxylation sites is 1. The van der Waals surface area contributed by atoms with Crippen molar-refractivity contribution in [3.05, 3.63) is 65.3 Å². The first kappa shape index (κ1) is 18.0. The summed E-state index contributed by atoms with van der Waals surface area (Å²) in [5.74, 6) is 0.583. The standard InChI is InChI=1S/C20H20ClN3O2/c1-3-12-22-20(25)19-13-17(14-8-10-15(26-2)11-9-14)23-24(19)18-7-5-4-6-16(18)21/h4-11,13H,3,12H2,1-2H3,(H,22,25). The van der Waals surface area contributed by atoms with Crippen LogP contribution in [-0.4, -0.2) is 29.3 Å². The van der Waals surface area contributed by atoms with Crippen LogP contribution in [0.2, 0.25) is 5.02 Å². The third-order valence-electron chi connectivity index (χ3n) is 3.94. The van der Waals surface area contributed by atoms with Crippen LogP contribution >= 0.6 is 11.6 Å². The Labute approximate surface area is 157 Å². The molecule has 0 aliphatic carbocycles. The Morgan fingerprint density at radius 3 is 2.58 bits per heavy atom. The lowest BCUT2D eigenvalue weighted by molar-refractivity contribution is 0.0946. The molecule has 0 fully saturated rings. The van der Waals surface area contributed by atoms with E-state index in [1.807, 2.05) is 49.4 Å². The molecule has 0 saturated heterocycles. The van der Waals surface area contributed by atoms with Crippen molar-refractivity contribution in [3.63, 3.8) is 0 Å². The topological polar surface area (TPSA) is 56.1 Å². The summed E-state index contributed by atoms with van der Waals surface area (Å²) >= 11 is 6.33. The summed E-state index contributed by atoms with van der Waals surface area (Å²) in [6, 6.07) is 16.6. The van der Waals surface area contributed by atoms with E-state index in [1.165, 1.54) is 0 Å². The zero-order valence-electron chi connectivity index (χ0n) is 14.7. The fourth-order valence-corrected chi connectivity index (χ4v) is 2.80. The number of amides is 1. The van der Waals surface area contributed by atoms with Gasteiger partial charge in [-0.3, -0.25) is 4.79 Å². The Morgan fingerprint density at radius 1 is 1.19 bits per heavy atom. The number of methoxy groups -OCH3 is 1. The Morgan fingerprint density at radius 2 is 1.92 bits per heavy atom. The van der Waals surface area contributed by atoms with Gasteiger partial charge < -0.3 is 10.1 Å². The Kier molecular flexibility index (Phi) is 5.58. The van der Waals surface area contributed by atoms with E-state index >= 15 is 0 Å².